The van der Waals surface area contributed by atoms with Crippen LogP contribution >= 0.6 is 27.5 Å². The summed E-state index contributed by atoms with van der Waals surface area (Å²) in [5.74, 6) is -0.176. The lowest BCUT2D eigenvalue weighted by Crippen LogP contribution is -2.14. The van der Waals surface area contributed by atoms with E-state index in [4.69, 9.17) is 16.3 Å². The molecule has 5 nitrogen and oxygen atoms in total. The van der Waals surface area contributed by atoms with Gasteiger partial charge in [-0.25, -0.2) is 8.42 Å². The summed E-state index contributed by atoms with van der Waals surface area (Å²) < 4.78 is 33.8. The predicted octanol–water partition coefficient (Wildman–Crippen LogP) is 5.28. The van der Waals surface area contributed by atoms with Gasteiger partial charge in [0.25, 0.3) is 10.0 Å². The summed E-state index contributed by atoms with van der Waals surface area (Å²) >= 11 is 9.08. The minimum Gasteiger partial charge on any atom is -0.505 e. The molecule has 0 unspecified atom stereocenters. The van der Waals surface area contributed by atoms with Crippen molar-refractivity contribution in [3.05, 3.63) is 70.2 Å². The zero-order chi connectivity index (χ0) is 19.6. The van der Waals surface area contributed by atoms with Crippen molar-refractivity contribution >= 4 is 43.2 Å². The molecule has 0 spiro atoms. The molecule has 0 amide bonds. The van der Waals surface area contributed by atoms with Crippen molar-refractivity contribution in [1.29, 1.82) is 0 Å². The second kappa shape index (κ2) is 7.80. The van der Waals surface area contributed by atoms with Crippen LogP contribution in [0.5, 0.6) is 11.5 Å². The molecule has 27 heavy (non-hydrogen) atoms. The Morgan fingerprint density at radius 2 is 1.74 bits per heavy atom. The molecule has 0 aliphatic heterocycles. The van der Waals surface area contributed by atoms with E-state index in [-0.39, 0.29) is 15.6 Å². The number of benzene rings is 3. The van der Waals surface area contributed by atoms with Crippen LogP contribution in [0.15, 0.2) is 70.0 Å². The average molecular weight is 469 g/mol. The first-order valence-corrected chi connectivity index (χ1v) is 10.4. The number of methoxy groups -OCH3 is 1. The fourth-order valence-corrected chi connectivity index (χ4v) is 4.77. The van der Waals surface area contributed by atoms with E-state index in [1.165, 1.54) is 19.2 Å². The number of aromatic hydroxyl groups is 1. The van der Waals surface area contributed by atoms with Crippen LogP contribution in [-0.4, -0.2) is 20.6 Å². The van der Waals surface area contributed by atoms with Crippen LogP contribution in [-0.2, 0) is 10.0 Å². The zero-order valence-corrected chi connectivity index (χ0v) is 17.3. The van der Waals surface area contributed by atoms with Crippen molar-refractivity contribution in [2.24, 2.45) is 0 Å². The zero-order valence-electron chi connectivity index (χ0n) is 14.1. The minimum absolute atomic E-state index is 0.0743. The quantitative estimate of drug-likeness (QED) is 0.534. The van der Waals surface area contributed by atoms with Crippen molar-refractivity contribution in [3.63, 3.8) is 0 Å². The summed E-state index contributed by atoms with van der Waals surface area (Å²) in [6.45, 7) is 0. The fraction of sp³-hybridized carbons (Fsp3) is 0.0526. The van der Waals surface area contributed by atoms with Gasteiger partial charge in [0, 0.05) is 4.47 Å². The summed E-state index contributed by atoms with van der Waals surface area (Å²) in [6, 6.07) is 17.4. The Morgan fingerprint density at radius 1 is 1.04 bits per heavy atom. The van der Waals surface area contributed by atoms with E-state index in [0.717, 1.165) is 11.1 Å². The Labute approximate surface area is 170 Å². The lowest BCUT2D eigenvalue weighted by molar-refractivity contribution is 0.417. The smallest absolute Gasteiger partial charge is 0.265 e. The molecule has 3 aromatic rings. The number of halogens is 2. The first kappa shape index (κ1) is 19.5. The lowest BCUT2D eigenvalue weighted by Gasteiger charge is -2.15. The first-order valence-electron chi connectivity index (χ1n) is 7.76. The van der Waals surface area contributed by atoms with Crippen LogP contribution in [0.25, 0.3) is 11.1 Å². The maximum atomic E-state index is 12.8. The van der Waals surface area contributed by atoms with Gasteiger partial charge in [0.15, 0.2) is 5.75 Å². The Bertz CT molecular complexity index is 1090. The van der Waals surface area contributed by atoms with Crippen molar-refractivity contribution in [2.45, 2.75) is 4.90 Å². The van der Waals surface area contributed by atoms with Gasteiger partial charge >= 0.3 is 0 Å². The largest absolute Gasteiger partial charge is 0.505 e. The third-order valence-electron chi connectivity index (χ3n) is 3.83. The highest BCUT2D eigenvalue weighted by Gasteiger charge is 2.23. The normalized spacial score (nSPS) is 11.2. The highest BCUT2D eigenvalue weighted by molar-refractivity contribution is 9.10. The molecule has 0 atom stereocenters. The number of phenolic OH excluding ortho intramolecular Hbond substituents is 1. The number of sulfonamides is 1. The van der Waals surface area contributed by atoms with E-state index in [1.54, 1.807) is 12.1 Å². The molecule has 3 rings (SSSR count). The number of rotatable bonds is 5. The first-order chi connectivity index (χ1) is 12.8. The van der Waals surface area contributed by atoms with Crippen LogP contribution in [0.4, 0.5) is 5.69 Å². The third kappa shape index (κ3) is 4.21. The number of anilines is 1. The molecular weight excluding hydrogens is 454 g/mol. The van der Waals surface area contributed by atoms with E-state index in [0.29, 0.717) is 10.2 Å². The van der Waals surface area contributed by atoms with Crippen LogP contribution < -0.4 is 9.46 Å². The summed E-state index contributed by atoms with van der Waals surface area (Å²) in [4.78, 5) is -0.339. The average Bonchev–Trinajstić information content (AvgIpc) is 2.65. The highest BCUT2D eigenvalue weighted by Crippen LogP contribution is 2.37. The number of nitrogens with one attached hydrogen (secondary N) is 1. The molecule has 0 aliphatic carbocycles. The predicted molar refractivity (Wildman–Crippen MR) is 110 cm³/mol. The number of hydrogen-bond acceptors (Lipinski definition) is 4. The molecule has 140 valence electrons. The molecule has 0 saturated heterocycles. The second-order valence-corrected chi connectivity index (χ2v) is 8.59. The van der Waals surface area contributed by atoms with Gasteiger partial charge in [-0.2, -0.15) is 0 Å². The van der Waals surface area contributed by atoms with E-state index in [1.807, 2.05) is 36.4 Å². The molecule has 0 heterocycles. The number of hydrogen-bond donors (Lipinski definition) is 2. The number of phenols is 1. The fourth-order valence-electron chi connectivity index (χ4n) is 2.54. The molecule has 0 radical (unpaired) electrons. The van der Waals surface area contributed by atoms with Crippen molar-refractivity contribution < 1.29 is 18.3 Å². The molecule has 0 fully saturated rings. The molecular formula is C19H15BrClNO4S. The van der Waals surface area contributed by atoms with Gasteiger partial charge in [-0.15, -0.1) is 0 Å². The summed E-state index contributed by atoms with van der Waals surface area (Å²) in [5.41, 5.74) is 1.98. The van der Waals surface area contributed by atoms with Gasteiger partial charge in [-0.05, 0) is 35.4 Å². The van der Waals surface area contributed by atoms with Crippen molar-refractivity contribution in [1.82, 2.24) is 0 Å². The topological polar surface area (TPSA) is 75.6 Å². The summed E-state index contributed by atoms with van der Waals surface area (Å²) in [6.07, 6.45) is 0. The SMILES string of the molecule is COc1ccc(-c2ccccc2)cc1NS(=O)(=O)c1cc(Br)cc(Cl)c1O. The van der Waals surface area contributed by atoms with Crippen LogP contribution in [0.3, 0.4) is 0 Å². The van der Waals surface area contributed by atoms with Crippen LogP contribution in [0.1, 0.15) is 0 Å². The van der Waals surface area contributed by atoms with Gasteiger partial charge in [-0.3, -0.25) is 4.72 Å². The third-order valence-corrected chi connectivity index (χ3v) is 5.96. The van der Waals surface area contributed by atoms with Gasteiger partial charge in [0.1, 0.15) is 10.6 Å². The minimum atomic E-state index is -4.11. The van der Waals surface area contributed by atoms with Gasteiger partial charge in [0.2, 0.25) is 0 Å². The standard InChI is InChI=1S/C19H15BrClNO4S/c1-26-17-8-7-13(12-5-3-2-4-6-12)9-16(17)22-27(24,25)18-11-14(20)10-15(21)19(18)23/h2-11,22-23H,1H3. The monoisotopic (exact) mass is 467 g/mol. The molecule has 0 bridgehead atoms. The maximum absolute atomic E-state index is 12.8. The lowest BCUT2D eigenvalue weighted by atomic mass is 10.1. The molecule has 0 aromatic heterocycles. The van der Waals surface area contributed by atoms with Crippen molar-refractivity contribution in [2.75, 3.05) is 11.8 Å². The second-order valence-electron chi connectivity index (χ2n) is 5.62. The van der Waals surface area contributed by atoms with Crippen molar-refractivity contribution in [3.8, 4) is 22.6 Å². The van der Waals surface area contributed by atoms with Crippen LogP contribution in [0, 0.1) is 0 Å². The van der Waals surface area contributed by atoms with Gasteiger partial charge in [-0.1, -0.05) is 63.9 Å². The molecule has 0 aliphatic rings. The van der Waals surface area contributed by atoms with E-state index >= 15 is 0 Å². The summed E-state index contributed by atoms with van der Waals surface area (Å²) in [5, 5.41) is 10.0. The summed E-state index contributed by atoms with van der Waals surface area (Å²) in [7, 11) is -2.67. The maximum Gasteiger partial charge on any atom is 0.265 e. The highest BCUT2D eigenvalue weighted by atomic mass is 79.9. The molecule has 3 aromatic carbocycles. The molecule has 0 saturated carbocycles. The Hall–Kier alpha value is -2.22. The molecule has 8 heteroatoms. The van der Waals surface area contributed by atoms with Gasteiger partial charge in [0.05, 0.1) is 17.8 Å². The van der Waals surface area contributed by atoms with Crippen LogP contribution in [0.2, 0.25) is 5.02 Å². The van der Waals surface area contributed by atoms with E-state index < -0.39 is 15.8 Å². The molecule has 2 N–H and O–H groups in total. The number of ether oxygens (including phenoxy) is 1. The Morgan fingerprint density at radius 3 is 2.41 bits per heavy atom. The van der Waals surface area contributed by atoms with Gasteiger partial charge < -0.3 is 9.84 Å². The van der Waals surface area contributed by atoms with E-state index in [9.17, 15) is 13.5 Å². The Balaban J connectivity index is 2.06. The van der Waals surface area contributed by atoms with E-state index in [2.05, 4.69) is 20.7 Å². The Kier molecular flexibility index (Phi) is 5.64.